The van der Waals surface area contributed by atoms with E-state index in [1.54, 1.807) is 18.2 Å². The number of Topliss-reactive ketones (excluding diaryl/α,β-unsaturated/α-hetero) is 1. The van der Waals surface area contributed by atoms with Crippen LogP contribution in [0.2, 0.25) is 0 Å². The molecule has 1 unspecified atom stereocenters. The van der Waals surface area contributed by atoms with Gasteiger partial charge in [0.1, 0.15) is 12.0 Å². The van der Waals surface area contributed by atoms with Crippen molar-refractivity contribution in [2.24, 2.45) is 0 Å². The molecule has 8 nitrogen and oxygen atoms in total. The minimum atomic E-state index is -0.406. The first-order chi connectivity index (χ1) is 18.4. The summed E-state index contributed by atoms with van der Waals surface area (Å²) in [5.41, 5.74) is 2.63. The van der Waals surface area contributed by atoms with Gasteiger partial charge in [0.2, 0.25) is 0 Å². The standard InChI is InChI=1S/C30H36N2O6/c1-2-3-5-13-30(38-17-16-23-11-8-12-27(18-23)32(36)37)31(20-24-9-6-4-7-10-24)21-29(35)25-14-15-28(34)26(19-25)22-33/h4,6-12,14-15,18-19,30,33-34H,2-3,5,13,16-17,20-22H2,1H3. The summed E-state index contributed by atoms with van der Waals surface area (Å²) >= 11 is 0. The Morgan fingerprint density at radius 2 is 1.79 bits per heavy atom. The van der Waals surface area contributed by atoms with E-state index in [1.165, 1.54) is 18.2 Å². The smallest absolute Gasteiger partial charge is 0.269 e. The van der Waals surface area contributed by atoms with Crippen LogP contribution in [-0.4, -0.2) is 45.2 Å². The van der Waals surface area contributed by atoms with Crippen molar-refractivity contribution in [3.8, 4) is 5.75 Å². The van der Waals surface area contributed by atoms with Gasteiger partial charge in [0.15, 0.2) is 5.78 Å². The van der Waals surface area contributed by atoms with Crippen molar-refractivity contribution in [1.29, 1.82) is 0 Å². The summed E-state index contributed by atoms with van der Waals surface area (Å²) in [6, 6.07) is 20.9. The highest BCUT2D eigenvalue weighted by atomic mass is 16.6. The minimum absolute atomic E-state index is 0.0490. The van der Waals surface area contributed by atoms with E-state index in [1.807, 2.05) is 41.3 Å². The summed E-state index contributed by atoms with van der Waals surface area (Å²) in [5.74, 6) is -0.189. The number of nitrogens with zero attached hydrogens (tertiary/aromatic N) is 2. The molecule has 3 rings (SSSR count). The summed E-state index contributed by atoms with van der Waals surface area (Å²) < 4.78 is 6.35. The van der Waals surface area contributed by atoms with Gasteiger partial charge in [-0.2, -0.15) is 0 Å². The number of rotatable bonds is 16. The number of aromatic hydroxyl groups is 1. The molecule has 202 valence electrons. The lowest BCUT2D eigenvalue weighted by atomic mass is 10.0. The van der Waals surface area contributed by atoms with Gasteiger partial charge in [0.05, 0.1) is 24.7 Å². The second-order valence-electron chi connectivity index (χ2n) is 9.31. The van der Waals surface area contributed by atoms with Gasteiger partial charge in [0, 0.05) is 29.8 Å². The first-order valence-electron chi connectivity index (χ1n) is 13.0. The maximum absolute atomic E-state index is 13.3. The largest absolute Gasteiger partial charge is 0.508 e. The molecule has 1 atom stereocenters. The number of ether oxygens (including phenoxy) is 1. The molecular weight excluding hydrogens is 484 g/mol. The first-order valence-corrected chi connectivity index (χ1v) is 13.0. The lowest BCUT2D eigenvalue weighted by molar-refractivity contribution is -0.384. The van der Waals surface area contributed by atoms with Gasteiger partial charge in [0.25, 0.3) is 5.69 Å². The lowest BCUT2D eigenvalue weighted by Gasteiger charge is -2.31. The fourth-order valence-electron chi connectivity index (χ4n) is 4.32. The Hall–Kier alpha value is -3.59. The van der Waals surface area contributed by atoms with E-state index in [0.29, 0.717) is 30.7 Å². The Bertz CT molecular complexity index is 1180. The summed E-state index contributed by atoms with van der Waals surface area (Å²) in [6.07, 6.45) is 3.94. The highest BCUT2D eigenvalue weighted by Gasteiger charge is 2.23. The van der Waals surface area contributed by atoms with E-state index in [-0.39, 0.29) is 36.6 Å². The number of non-ortho nitro benzene ring substituents is 1. The normalized spacial score (nSPS) is 12.0. The minimum Gasteiger partial charge on any atom is -0.508 e. The molecule has 3 aromatic rings. The SMILES string of the molecule is CCCCCC(OCCc1cccc([N+](=O)[O-])c1)N(CC(=O)c1ccc(O)c(CO)c1)Cc1ccccc1. The molecule has 0 saturated heterocycles. The number of phenols is 1. The van der Waals surface area contributed by atoms with Crippen LogP contribution < -0.4 is 0 Å². The molecule has 0 saturated carbocycles. The van der Waals surface area contributed by atoms with Gasteiger partial charge in [-0.15, -0.1) is 0 Å². The number of hydrogen-bond acceptors (Lipinski definition) is 7. The molecule has 0 spiro atoms. The second-order valence-corrected chi connectivity index (χ2v) is 9.31. The van der Waals surface area contributed by atoms with Crippen molar-refractivity contribution in [2.75, 3.05) is 13.2 Å². The molecule has 0 bridgehead atoms. The van der Waals surface area contributed by atoms with Crippen LogP contribution in [0, 0.1) is 10.1 Å². The van der Waals surface area contributed by atoms with E-state index in [4.69, 9.17) is 4.74 Å². The van der Waals surface area contributed by atoms with Crippen LogP contribution in [0.3, 0.4) is 0 Å². The predicted molar refractivity (Wildman–Crippen MR) is 146 cm³/mol. The number of aliphatic hydroxyl groups is 1. The van der Waals surface area contributed by atoms with Crippen molar-refractivity contribution >= 4 is 11.5 Å². The molecule has 0 fully saturated rings. The van der Waals surface area contributed by atoms with Crippen LogP contribution in [0.1, 0.15) is 59.7 Å². The van der Waals surface area contributed by atoms with E-state index in [0.717, 1.165) is 36.8 Å². The molecule has 3 aromatic carbocycles. The molecule has 0 radical (unpaired) electrons. The highest BCUT2D eigenvalue weighted by molar-refractivity contribution is 5.98. The second kappa shape index (κ2) is 15.0. The summed E-state index contributed by atoms with van der Waals surface area (Å²) in [7, 11) is 0. The third-order valence-corrected chi connectivity index (χ3v) is 6.43. The quantitative estimate of drug-likeness (QED) is 0.0826. The molecule has 0 aliphatic carbocycles. The van der Waals surface area contributed by atoms with Gasteiger partial charge < -0.3 is 14.9 Å². The van der Waals surface area contributed by atoms with Crippen LogP contribution in [0.5, 0.6) is 5.75 Å². The third-order valence-electron chi connectivity index (χ3n) is 6.43. The summed E-state index contributed by atoms with van der Waals surface area (Å²) in [6.45, 7) is 2.72. The average molecular weight is 521 g/mol. The number of unbranched alkanes of at least 4 members (excludes halogenated alkanes) is 2. The van der Waals surface area contributed by atoms with Crippen LogP contribution in [0.4, 0.5) is 5.69 Å². The Morgan fingerprint density at radius 3 is 2.50 bits per heavy atom. The van der Waals surface area contributed by atoms with E-state index in [9.17, 15) is 25.1 Å². The zero-order valence-corrected chi connectivity index (χ0v) is 21.8. The summed E-state index contributed by atoms with van der Waals surface area (Å²) in [4.78, 5) is 26.1. The van der Waals surface area contributed by atoms with Crippen molar-refractivity contribution < 1.29 is 24.7 Å². The highest BCUT2D eigenvalue weighted by Crippen LogP contribution is 2.21. The van der Waals surface area contributed by atoms with Crippen molar-refractivity contribution in [3.05, 3.63) is 105 Å². The monoisotopic (exact) mass is 520 g/mol. The molecule has 0 amide bonds. The fraction of sp³-hybridized carbons (Fsp3) is 0.367. The van der Waals surface area contributed by atoms with Crippen LogP contribution in [-0.2, 0) is 24.3 Å². The topological polar surface area (TPSA) is 113 Å². The Labute approximate surface area is 223 Å². The molecule has 0 aliphatic rings. The van der Waals surface area contributed by atoms with E-state index < -0.39 is 4.92 Å². The van der Waals surface area contributed by atoms with E-state index >= 15 is 0 Å². The maximum atomic E-state index is 13.3. The Kier molecular flexibility index (Phi) is 11.4. The number of nitro groups is 1. The van der Waals surface area contributed by atoms with Crippen molar-refractivity contribution in [1.82, 2.24) is 4.90 Å². The van der Waals surface area contributed by atoms with Crippen LogP contribution in [0.15, 0.2) is 72.8 Å². The van der Waals surface area contributed by atoms with Gasteiger partial charge in [-0.1, -0.05) is 62.2 Å². The molecule has 0 aliphatic heterocycles. The maximum Gasteiger partial charge on any atom is 0.269 e. The predicted octanol–water partition coefficient (Wildman–Crippen LogP) is 5.64. The third kappa shape index (κ3) is 8.76. The average Bonchev–Trinajstić information content (AvgIpc) is 2.93. The number of benzene rings is 3. The number of carbonyl (C=O) groups excluding carboxylic acids is 1. The van der Waals surface area contributed by atoms with Crippen LogP contribution >= 0.6 is 0 Å². The number of ketones is 1. The Morgan fingerprint density at radius 1 is 1.03 bits per heavy atom. The first kappa shape index (κ1) is 29.0. The molecule has 0 aromatic heterocycles. The molecular formula is C30H36N2O6. The van der Waals surface area contributed by atoms with Crippen molar-refractivity contribution in [3.63, 3.8) is 0 Å². The number of aliphatic hydroxyl groups excluding tert-OH is 1. The van der Waals surface area contributed by atoms with Gasteiger partial charge in [-0.3, -0.25) is 19.8 Å². The number of nitro benzene ring substituents is 1. The zero-order chi connectivity index (χ0) is 27.3. The van der Waals surface area contributed by atoms with Gasteiger partial charge in [-0.25, -0.2) is 0 Å². The van der Waals surface area contributed by atoms with Crippen molar-refractivity contribution in [2.45, 2.75) is 58.4 Å². The summed E-state index contributed by atoms with van der Waals surface area (Å²) in [5, 5.41) is 30.5. The van der Waals surface area contributed by atoms with E-state index in [2.05, 4.69) is 6.92 Å². The molecule has 38 heavy (non-hydrogen) atoms. The molecule has 8 heteroatoms. The number of hydrogen-bond donors (Lipinski definition) is 2. The zero-order valence-electron chi connectivity index (χ0n) is 21.8. The lowest BCUT2D eigenvalue weighted by Crippen LogP contribution is -2.41. The van der Waals surface area contributed by atoms with Crippen LogP contribution in [0.25, 0.3) is 0 Å². The fourth-order valence-corrected chi connectivity index (χ4v) is 4.32. The molecule has 0 heterocycles. The van der Waals surface area contributed by atoms with Gasteiger partial charge in [-0.05, 0) is 48.6 Å². The van der Waals surface area contributed by atoms with Gasteiger partial charge >= 0.3 is 0 Å². The number of carbonyl (C=O) groups is 1. The Balaban J connectivity index is 1.79. The molecule has 2 N–H and O–H groups in total.